The second kappa shape index (κ2) is 5.54. The van der Waals surface area contributed by atoms with Gasteiger partial charge in [0, 0.05) is 58.0 Å². The van der Waals surface area contributed by atoms with E-state index in [1.807, 2.05) is 24.1 Å². The van der Waals surface area contributed by atoms with E-state index in [4.69, 9.17) is 4.74 Å². The first-order chi connectivity index (χ1) is 9.67. The number of carbonyl (C=O) groups is 1. The average Bonchev–Trinajstić information content (AvgIpc) is 3.00. The van der Waals surface area contributed by atoms with Gasteiger partial charge in [-0.25, -0.2) is 0 Å². The van der Waals surface area contributed by atoms with Gasteiger partial charge in [-0.05, 0) is 6.42 Å². The van der Waals surface area contributed by atoms with Gasteiger partial charge in [-0.2, -0.15) is 5.10 Å². The van der Waals surface area contributed by atoms with E-state index in [1.54, 1.807) is 7.05 Å². The molecular weight excluding hydrogens is 256 g/mol. The van der Waals surface area contributed by atoms with E-state index in [9.17, 15) is 4.79 Å². The van der Waals surface area contributed by atoms with Crippen LogP contribution in [0.3, 0.4) is 0 Å². The molecule has 1 amide bonds. The summed E-state index contributed by atoms with van der Waals surface area (Å²) in [7, 11) is 3.63. The van der Waals surface area contributed by atoms with Crippen molar-refractivity contribution in [3.8, 4) is 0 Å². The standard InChI is InChI=1S/C14H22N4O2/c1-15-14(19)12-8-18(9-12)7-10-3-4-20-13(10)11-5-16-17(2)6-11/h5-6,10,12-13H,3-4,7-9H2,1-2H3,(H,15,19)/t10-,13+/m1/s1. The lowest BCUT2D eigenvalue weighted by Gasteiger charge is -2.40. The highest BCUT2D eigenvalue weighted by molar-refractivity contribution is 5.79. The Hall–Kier alpha value is -1.40. The molecule has 1 aromatic heterocycles. The third kappa shape index (κ3) is 2.58. The number of ether oxygens (including phenoxy) is 1. The molecule has 2 aliphatic heterocycles. The molecule has 6 nitrogen and oxygen atoms in total. The quantitative estimate of drug-likeness (QED) is 0.853. The summed E-state index contributed by atoms with van der Waals surface area (Å²) in [5, 5.41) is 6.94. The maximum absolute atomic E-state index is 11.5. The molecule has 2 atom stereocenters. The summed E-state index contributed by atoms with van der Waals surface area (Å²) in [6.45, 7) is 3.57. The summed E-state index contributed by atoms with van der Waals surface area (Å²) >= 11 is 0. The van der Waals surface area contributed by atoms with Gasteiger partial charge in [-0.15, -0.1) is 0 Å². The summed E-state index contributed by atoms with van der Waals surface area (Å²) < 4.78 is 7.69. The Morgan fingerprint density at radius 3 is 3.00 bits per heavy atom. The molecule has 0 spiro atoms. The van der Waals surface area contributed by atoms with Crippen LogP contribution >= 0.6 is 0 Å². The Morgan fingerprint density at radius 2 is 2.35 bits per heavy atom. The number of aromatic nitrogens is 2. The normalized spacial score (nSPS) is 27.5. The molecule has 2 aliphatic rings. The Labute approximate surface area is 119 Å². The van der Waals surface area contributed by atoms with Gasteiger partial charge in [0.05, 0.1) is 18.2 Å². The second-order valence-electron chi connectivity index (χ2n) is 5.82. The van der Waals surface area contributed by atoms with Crippen LogP contribution in [0.25, 0.3) is 0 Å². The summed E-state index contributed by atoms with van der Waals surface area (Å²) in [5.74, 6) is 0.830. The summed E-state index contributed by atoms with van der Waals surface area (Å²) in [4.78, 5) is 13.8. The molecule has 0 unspecified atom stereocenters. The summed E-state index contributed by atoms with van der Waals surface area (Å²) in [5.41, 5.74) is 1.17. The van der Waals surface area contributed by atoms with Crippen LogP contribution in [0.1, 0.15) is 18.1 Å². The van der Waals surface area contributed by atoms with Gasteiger partial charge in [0.25, 0.3) is 0 Å². The molecule has 0 saturated carbocycles. The zero-order chi connectivity index (χ0) is 14.1. The topological polar surface area (TPSA) is 59.4 Å². The molecule has 0 aromatic carbocycles. The average molecular weight is 278 g/mol. The fourth-order valence-corrected chi connectivity index (χ4v) is 3.20. The SMILES string of the molecule is CNC(=O)C1CN(C[C@H]2CCO[C@@H]2c2cnn(C)c2)C1. The van der Waals surface area contributed by atoms with Crippen LogP contribution in [0.5, 0.6) is 0 Å². The van der Waals surface area contributed by atoms with Crippen LogP contribution in [-0.2, 0) is 16.6 Å². The minimum Gasteiger partial charge on any atom is -0.373 e. The minimum absolute atomic E-state index is 0.155. The highest BCUT2D eigenvalue weighted by Gasteiger charge is 2.37. The number of likely N-dealkylation sites (tertiary alicyclic amines) is 1. The van der Waals surface area contributed by atoms with Crippen LogP contribution in [-0.4, -0.2) is 53.9 Å². The Morgan fingerprint density at radius 1 is 1.55 bits per heavy atom. The van der Waals surface area contributed by atoms with Gasteiger partial charge in [-0.3, -0.25) is 9.48 Å². The molecule has 1 N–H and O–H groups in total. The lowest BCUT2D eigenvalue weighted by Crippen LogP contribution is -2.54. The van der Waals surface area contributed by atoms with Gasteiger partial charge in [0.2, 0.25) is 5.91 Å². The predicted octanol–water partition coefficient (Wildman–Crippen LogP) is 0.175. The highest BCUT2D eigenvalue weighted by atomic mass is 16.5. The van der Waals surface area contributed by atoms with E-state index in [-0.39, 0.29) is 17.9 Å². The molecule has 1 aromatic rings. The fourth-order valence-electron chi connectivity index (χ4n) is 3.20. The van der Waals surface area contributed by atoms with Crippen molar-refractivity contribution in [2.75, 3.05) is 33.3 Å². The fraction of sp³-hybridized carbons (Fsp3) is 0.714. The van der Waals surface area contributed by atoms with Crippen molar-refractivity contribution in [1.29, 1.82) is 0 Å². The molecule has 0 aliphatic carbocycles. The van der Waals surface area contributed by atoms with Crippen molar-refractivity contribution < 1.29 is 9.53 Å². The van der Waals surface area contributed by atoms with Crippen molar-refractivity contribution in [3.63, 3.8) is 0 Å². The molecule has 3 heterocycles. The van der Waals surface area contributed by atoms with Gasteiger partial charge < -0.3 is 15.0 Å². The second-order valence-corrected chi connectivity index (χ2v) is 5.82. The number of aryl methyl sites for hydroxylation is 1. The predicted molar refractivity (Wildman–Crippen MR) is 74.0 cm³/mol. The van der Waals surface area contributed by atoms with E-state index in [1.165, 1.54) is 5.56 Å². The number of nitrogens with one attached hydrogen (secondary N) is 1. The molecular formula is C14H22N4O2. The molecule has 0 bridgehead atoms. The van der Waals surface area contributed by atoms with E-state index in [0.717, 1.165) is 32.7 Å². The zero-order valence-electron chi connectivity index (χ0n) is 12.1. The number of nitrogens with zero attached hydrogens (tertiary/aromatic N) is 3. The van der Waals surface area contributed by atoms with Crippen molar-refractivity contribution in [1.82, 2.24) is 20.0 Å². The van der Waals surface area contributed by atoms with Crippen LogP contribution < -0.4 is 5.32 Å². The lowest BCUT2D eigenvalue weighted by atomic mass is 9.92. The van der Waals surface area contributed by atoms with Crippen LogP contribution in [0.2, 0.25) is 0 Å². The molecule has 2 saturated heterocycles. The largest absolute Gasteiger partial charge is 0.373 e. The van der Waals surface area contributed by atoms with E-state index in [2.05, 4.69) is 15.3 Å². The highest BCUT2D eigenvalue weighted by Crippen LogP contribution is 2.35. The van der Waals surface area contributed by atoms with E-state index in [0.29, 0.717) is 5.92 Å². The number of hydrogen-bond donors (Lipinski definition) is 1. The molecule has 6 heteroatoms. The Bertz CT molecular complexity index is 481. The van der Waals surface area contributed by atoms with E-state index < -0.39 is 0 Å². The maximum atomic E-state index is 11.5. The van der Waals surface area contributed by atoms with Crippen LogP contribution in [0.15, 0.2) is 12.4 Å². The Kier molecular flexibility index (Phi) is 3.76. The van der Waals surface area contributed by atoms with Crippen molar-refractivity contribution in [2.24, 2.45) is 18.9 Å². The molecule has 3 rings (SSSR count). The van der Waals surface area contributed by atoms with Crippen LogP contribution in [0, 0.1) is 11.8 Å². The molecule has 0 radical (unpaired) electrons. The third-order valence-corrected chi connectivity index (χ3v) is 4.33. The summed E-state index contributed by atoms with van der Waals surface area (Å²) in [6.07, 6.45) is 5.17. The first-order valence-corrected chi connectivity index (χ1v) is 7.21. The first kappa shape index (κ1) is 13.6. The monoisotopic (exact) mass is 278 g/mol. The van der Waals surface area contributed by atoms with Crippen LogP contribution in [0.4, 0.5) is 0 Å². The first-order valence-electron chi connectivity index (χ1n) is 7.21. The van der Waals surface area contributed by atoms with Crippen molar-refractivity contribution in [3.05, 3.63) is 18.0 Å². The van der Waals surface area contributed by atoms with Gasteiger partial charge in [0.1, 0.15) is 0 Å². The lowest BCUT2D eigenvalue weighted by molar-refractivity contribution is -0.130. The Balaban J connectivity index is 1.54. The van der Waals surface area contributed by atoms with E-state index >= 15 is 0 Å². The number of carbonyl (C=O) groups excluding carboxylic acids is 1. The summed E-state index contributed by atoms with van der Waals surface area (Å²) in [6, 6.07) is 0. The molecule has 110 valence electrons. The van der Waals surface area contributed by atoms with Gasteiger partial charge in [0.15, 0.2) is 0 Å². The smallest absolute Gasteiger partial charge is 0.225 e. The van der Waals surface area contributed by atoms with Gasteiger partial charge >= 0.3 is 0 Å². The maximum Gasteiger partial charge on any atom is 0.225 e. The third-order valence-electron chi connectivity index (χ3n) is 4.33. The molecule has 20 heavy (non-hydrogen) atoms. The van der Waals surface area contributed by atoms with Gasteiger partial charge in [-0.1, -0.05) is 0 Å². The zero-order valence-corrected chi connectivity index (χ0v) is 12.1. The molecule has 2 fully saturated rings. The van der Waals surface area contributed by atoms with Crippen molar-refractivity contribution >= 4 is 5.91 Å². The van der Waals surface area contributed by atoms with Crippen molar-refractivity contribution in [2.45, 2.75) is 12.5 Å². The number of hydrogen-bond acceptors (Lipinski definition) is 4. The number of amides is 1. The minimum atomic E-state index is 0.155. The number of rotatable bonds is 4.